The minimum Gasteiger partial charge on any atom is -0.310 e. The Morgan fingerprint density at radius 3 is 1.56 bits per heavy atom. The van der Waals surface area contributed by atoms with Gasteiger partial charge in [-0.25, -0.2) is 0 Å². The largest absolute Gasteiger partial charge is 0.310 e. The zero-order chi connectivity index (χ0) is 51.7. The summed E-state index contributed by atoms with van der Waals surface area (Å²) in [5.41, 5.74) is 29.0. The van der Waals surface area contributed by atoms with Crippen LogP contribution in [-0.4, -0.2) is 4.57 Å². The van der Waals surface area contributed by atoms with Gasteiger partial charge >= 0.3 is 0 Å². The van der Waals surface area contributed by atoms with Gasteiger partial charge in [0, 0.05) is 38.8 Å². The van der Waals surface area contributed by atoms with Crippen LogP contribution in [0.4, 0.5) is 17.1 Å². The summed E-state index contributed by atoms with van der Waals surface area (Å²) in [6.45, 7) is 4.77. The molecule has 366 valence electrons. The number of fused-ring (bicyclic) bond motifs is 16. The van der Waals surface area contributed by atoms with E-state index in [4.69, 9.17) is 0 Å². The highest BCUT2D eigenvalue weighted by molar-refractivity contribution is 6.11. The van der Waals surface area contributed by atoms with Crippen molar-refractivity contribution in [3.63, 3.8) is 0 Å². The van der Waals surface area contributed by atoms with Crippen molar-refractivity contribution in [1.29, 1.82) is 0 Å². The molecule has 0 amide bonds. The third-order valence-corrected chi connectivity index (χ3v) is 17.6. The highest BCUT2D eigenvalue weighted by atomic mass is 15.1. The first-order valence-electron chi connectivity index (χ1n) is 27.3. The summed E-state index contributed by atoms with van der Waals surface area (Å²) >= 11 is 0. The number of anilines is 3. The molecule has 2 heteroatoms. The van der Waals surface area contributed by atoms with Gasteiger partial charge in [-0.05, 0) is 161 Å². The lowest BCUT2D eigenvalue weighted by Gasteiger charge is -2.31. The van der Waals surface area contributed by atoms with E-state index in [9.17, 15) is 0 Å². The molecule has 0 N–H and O–H groups in total. The second-order valence-electron chi connectivity index (χ2n) is 21.9. The molecule has 0 atom stereocenters. The van der Waals surface area contributed by atoms with Crippen LogP contribution in [0.25, 0.3) is 94.3 Å². The average Bonchev–Trinajstić information content (AvgIpc) is 4.30. The molecule has 16 rings (SSSR count). The van der Waals surface area contributed by atoms with E-state index in [1.807, 2.05) is 0 Å². The number of rotatable bonds is 7. The standard InChI is InChI=1S/C76H52N2/c1-75(2)65-33-14-9-27-56(65)59-42-41-55(48-70(59)75)77(54-26-19-23-50(45-54)49-21-5-3-6-22-49)72-43-39-52(51-40-44-73-63(46-51)60-30-13-18-38-71(60)78(73)53-24-7-4-8-25-53)47-64(72)61-32-20-37-69-74(61)62-31-12-17-36-68(62)76(69)66-34-15-10-28-57(66)58-29-11-16-35-67(58)76/h3-48H,1-2H3. The lowest BCUT2D eigenvalue weighted by Crippen LogP contribution is -2.25. The summed E-state index contributed by atoms with van der Waals surface area (Å²) in [6, 6.07) is 105. The topological polar surface area (TPSA) is 8.17 Å². The van der Waals surface area contributed by atoms with Crippen molar-refractivity contribution in [1.82, 2.24) is 4.57 Å². The van der Waals surface area contributed by atoms with Crippen LogP contribution < -0.4 is 4.90 Å². The van der Waals surface area contributed by atoms with Gasteiger partial charge in [-0.1, -0.05) is 226 Å². The highest BCUT2D eigenvalue weighted by Gasteiger charge is 2.52. The summed E-state index contributed by atoms with van der Waals surface area (Å²) in [5.74, 6) is 0. The smallest absolute Gasteiger partial charge is 0.0725 e. The van der Waals surface area contributed by atoms with Gasteiger partial charge < -0.3 is 9.47 Å². The number of aromatic nitrogens is 1. The third-order valence-electron chi connectivity index (χ3n) is 17.6. The van der Waals surface area contributed by atoms with Crippen molar-refractivity contribution in [2.75, 3.05) is 4.90 Å². The number of benzene rings is 12. The summed E-state index contributed by atoms with van der Waals surface area (Å²) < 4.78 is 2.40. The number of nitrogens with zero attached hydrogens (tertiary/aromatic N) is 2. The summed E-state index contributed by atoms with van der Waals surface area (Å²) in [7, 11) is 0. The van der Waals surface area contributed by atoms with E-state index in [1.54, 1.807) is 0 Å². The molecule has 0 saturated carbocycles. The Labute approximate surface area is 455 Å². The highest BCUT2D eigenvalue weighted by Crippen LogP contribution is 2.64. The predicted octanol–water partition coefficient (Wildman–Crippen LogP) is 19.9. The van der Waals surface area contributed by atoms with Crippen molar-refractivity contribution in [2.45, 2.75) is 24.7 Å². The zero-order valence-electron chi connectivity index (χ0n) is 43.5. The van der Waals surface area contributed by atoms with Crippen LogP contribution in [0.1, 0.15) is 47.2 Å². The van der Waals surface area contributed by atoms with Gasteiger partial charge in [0.15, 0.2) is 0 Å². The van der Waals surface area contributed by atoms with E-state index in [0.717, 1.165) is 33.9 Å². The van der Waals surface area contributed by atoms with Crippen LogP contribution in [0.3, 0.4) is 0 Å². The molecule has 0 unspecified atom stereocenters. The van der Waals surface area contributed by atoms with Crippen LogP contribution >= 0.6 is 0 Å². The fourth-order valence-corrected chi connectivity index (χ4v) is 14.2. The fourth-order valence-electron chi connectivity index (χ4n) is 14.2. The maximum absolute atomic E-state index is 2.54. The molecule has 3 aliphatic carbocycles. The fraction of sp³-hybridized carbons (Fsp3) is 0.0526. The van der Waals surface area contributed by atoms with Crippen molar-refractivity contribution < 1.29 is 0 Å². The van der Waals surface area contributed by atoms with Gasteiger partial charge in [0.25, 0.3) is 0 Å². The normalized spacial score (nSPS) is 13.7. The van der Waals surface area contributed by atoms with Gasteiger partial charge in [0.05, 0.1) is 22.1 Å². The molecule has 0 saturated heterocycles. The van der Waals surface area contributed by atoms with E-state index >= 15 is 0 Å². The van der Waals surface area contributed by atoms with Crippen molar-refractivity contribution >= 4 is 38.9 Å². The van der Waals surface area contributed by atoms with Crippen molar-refractivity contribution in [3.8, 4) is 72.4 Å². The molecule has 0 radical (unpaired) electrons. The third kappa shape index (κ3) is 6.26. The first-order chi connectivity index (χ1) is 38.5. The molecule has 1 heterocycles. The second-order valence-corrected chi connectivity index (χ2v) is 21.9. The minimum absolute atomic E-state index is 0.194. The van der Waals surface area contributed by atoms with Crippen LogP contribution in [0.2, 0.25) is 0 Å². The maximum Gasteiger partial charge on any atom is 0.0725 e. The second kappa shape index (κ2) is 16.9. The van der Waals surface area contributed by atoms with E-state index in [0.29, 0.717) is 0 Å². The van der Waals surface area contributed by atoms with E-state index in [-0.39, 0.29) is 5.41 Å². The van der Waals surface area contributed by atoms with E-state index in [2.05, 4.69) is 302 Å². The van der Waals surface area contributed by atoms with Crippen LogP contribution in [-0.2, 0) is 10.8 Å². The Morgan fingerprint density at radius 1 is 0.295 bits per heavy atom. The first kappa shape index (κ1) is 44.5. The molecule has 78 heavy (non-hydrogen) atoms. The molecule has 13 aromatic rings. The Hall–Kier alpha value is -9.76. The molecule has 0 aliphatic heterocycles. The molecular weight excluding hydrogens is 941 g/mol. The summed E-state index contributed by atoms with van der Waals surface area (Å²) in [5, 5.41) is 2.47. The summed E-state index contributed by atoms with van der Waals surface area (Å²) in [4.78, 5) is 2.54. The van der Waals surface area contributed by atoms with Gasteiger partial charge in [-0.2, -0.15) is 0 Å². The van der Waals surface area contributed by atoms with Gasteiger partial charge in [-0.3, -0.25) is 0 Å². The van der Waals surface area contributed by atoms with E-state index < -0.39 is 5.41 Å². The van der Waals surface area contributed by atoms with Crippen molar-refractivity contribution in [3.05, 3.63) is 312 Å². The van der Waals surface area contributed by atoms with Crippen LogP contribution in [0.15, 0.2) is 279 Å². The molecule has 0 bridgehead atoms. The van der Waals surface area contributed by atoms with Crippen LogP contribution in [0, 0.1) is 0 Å². The number of para-hydroxylation sites is 2. The molecule has 0 fully saturated rings. The Kier molecular flexibility index (Phi) is 9.63. The molecule has 12 aromatic carbocycles. The Balaban J connectivity index is 0.985. The Morgan fingerprint density at radius 2 is 0.808 bits per heavy atom. The van der Waals surface area contributed by atoms with Crippen LogP contribution in [0.5, 0.6) is 0 Å². The molecule has 1 aromatic heterocycles. The lowest BCUT2D eigenvalue weighted by atomic mass is 9.70. The molecule has 2 nitrogen and oxygen atoms in total. The number of hydrogen-bond donors (Lipinski definition) is 0. The zero-order valence-corrected chi connectivity index (χ0v) is 43.5. The minimum atomic E-state index is -0.491. The quantitative estimate of drug-likeness (QED) is 0.154. The Bertz CT molecular complexity index is 4550. The monoisotopic (exact) mass is 992 g/mol. The maximum atomic E-state index is 2.54. The predicted molar refractivity (Wildman–Crippen MR) is 326 cm³/mol. The van der Waals surface area contributed by atoms with E-state index in [1.165, 1.54) is 111 Å². The lowest BCUT2D eigenvalue weighted by molar-refractivity contribution is 0.660. The average molecular weight is 993 g/mol. The molecule has 1 spiro atoms. The SMILES string of the molecule is CC1(C)c2ccccc2-c2ccc(N(c3cccc(-c4ccccc4)c3)c3ccc(-c4ccc5c(c4)c4ccccc4n5-c4ccccc4)cc3-c3cccc4c3-c3ccccc3C43c4ccccc4-c4ccccc43)cc21. The van der Waals surface area contributed by atoms with Crippen molar-refractivity contribution in [2.24, 2.45) is 0 Å². The van der Waals surface area contributed by atoms with Gasteiger partial charge in [-0.15, -0.1) is 0 Å². The summed E-state index contributed by atoms with van der Waals surface area (Å²) in [6.07, 6.45) is 0. The van der Waals surface area contributed by atoms with Gasteiger partial charge in [0.1, 0.15) is 0 Å². The molecular formula is C76H52N2. The molecule has 3 aliphatic rings. The van der Waals surface area contributed by atoms with Gasteiger partial charge in [0.2, 0.25) is 0 Å². The number of hydrogen-bond acceptors (Lipinski definition) is 1. The first-order valence-corrected chi connectivity index (χ1v) is 27.3.